The molecule has 1 aliphatic heterocycles. The van der Waals surface area contributed by atoms with Gasteiger partial charge in [0.1, 0.15) is 11.4 Å². The molecule has 4 rings (SSSR count). The minimum absolute atomic E-state index is 0.0169. The number of carboxylic acids is 1. The zero-order valence-corrected chi connectivity index (χ0v) is 14.2. The minimum Gasteiger partial charge on any atom is -0.476 e. The van der Waals surface area contributed by atoms with Crippen molar-refractivity contribution in [1.29, 1.82) is 0 Å². The van der Waals surface area contributed by atoms with Crippen molar-refractivity contribution in [2.45, 2.75) is 13.0 Å². The average Bonchev–Trinajstić information content (AvgIpc) is 3.32. The molecule has 8 nitrogen and oxygen atoms in total. The fraction of sp³-hybridized carbons (Fsp3) is 0.250. The van der Waals surface area contributed by atoms with Gasteiger partial charge in [-0.05, 0) is 17.5 Å². The Morgan fingerprint density at radius 2 is 2.24 bits per heavy atom. The number of aryl methyl sites for hydroxylation is 1. The summed E-state index contributed by atoms with van der Waals surface area (Å²) in [4.78, 5) is 26.8. The number of aromatic carboxylic acids is 1. The van der Waals surface area contributed by atoms with E-state index in [-0.39, 0.29) is 18.1 Å². The van der Waals surface area contributed by atoms with E-state index in [1.54, 1.807) is 34.0 Å². The van der Waals surface area contributed by atoms with E-state index in [1.807, 2.05) is 17.5 Å². The smallest absolute Gasteiger partial charge is 0.356 e. The number of nitrogens with zero attached hydrogens (tertiary/aromatic N) is 4. The third-order valence-electron chi connectivity index (χ3n) is 4.30. The van der Waals surface area contributed by atoms with Crippen molar-refractivity contribution in [1.82, 2.24) is 24.9 Å². The molecule has 3 aromatic heterocycles. The Morgan fingerprint density at radius 1 is 1.40 bits per heavy atom. The summed E-state index contributed by atoms with van der Waals surface area (Å²) in [6, 6.07) is 5.67. The van der Waals surface area contributed by atoms with Gasteiger partial charge in [0.2, 0.25) is 0 Å². The maximum atomic E-state index is 12.9. The number of hydrogen-bond donors (Lipinski definition) is 2. The molecule has 3 aromatic rings. The van der Waals surface area contributed by atoms with Gasteiger partial charge in [-0.3, -0.25) is 14.6 Å². The van der Waals surface area contributed by atoms with Crippen molar-refractivity contribution >= 4 is 23.2 Å². The van der Waals surface area contributed by atoms with Crippen LogP contribution in [0.2, 0.25) is 0 Å². The largest absolute Gasteiger partial charge is 0.476 e. The highest BCUT2D eigenvalue weighted by molar-refractivity contribution is 7.13. The van der Waals surface area contributed by atoms with Gasteiger partial charge in [0.15, 0.2) is 5.69 Å². The molecular formula is C16H15N5O3S. The third kappa shape index (κ3) is 2.62. The number of amides is 1. The summed E-state index contributed by atoms with van der Waals surface area (Å²) < 4.78 is 1.57. The summed E-state index contributed by atoms with van der Waals surface area (Å²) in [5.41, 5.74) is 2.58. The summed E-state index contributed by atoms with van der Waals surface area (Å²) in [7, 11) is 1.74. The number of carbonyl (C=O) groups is 2. The first-order valence-electron chi connectivity index (χ1n) is 7.71. The second-order valence-corrected chi connectivity index (χ2v) is 6.77. The highest BCUT2D eigenvalue weighted by Gasteiger charge is 2.29. The van der Waals surface area contributed by atoms with E-state index >= 15 is 0 Å². The predicted octanol–water partition coefficient (Wildman–Crippen LogP) is 1.77. The molecule has 0 bridgehead atoms. The van der Waals surface area contributed by atoms with Crippen LogP contribution >= 0.6 is 11.3 Å². The molecule has 0 radical (unpaired) electrons. The number of carboxylic acid groups (broad SMARTS) is 1. The van der Waals surface area contributed by atoms with Crippen LogP contribution in [0.25, 0.3) is 10.6 Å². The van der Waals surface area contributed by atoms with Crippen LogP contribution in [0.5, 0.6) is 0 Å². The van der Waals surface area contributed by atoms with Gasteiger partial charge in [0, 0.05) is 31.3 Å². The van der Waals surface area contributed by atoms with Gasteiger partial charge in [-0.1, -0.05) is 6.07 Å². The number of carbonyl (C=O) groups excluding carboxylic acids is 1. The zero-order valence-electron chi connectivity index (χ0n) is 13.4. The molecule has 25 heavy (non-hydrogen) atoms. The van der Waals surface area contributed by atoms with Gasteiger partial charge in [0.05, 0.1) is 11.4 Å². The number of nitrogens with one attached hydrogen (secondary N) is 1. The second kappa shape index (κ2) is 5.85. The van der Waals surface area contributed by atoms with Gasteiger partial charge in [-0.2, -0.15) is 10.2 Å². The second-order valence-electron chi connectivity index (χ2n) is 5.83. The van der Waals surface area contributed by atoms with Crippen LogP contribution in [0.3, 0.4) is 0 Å². The predicted molar refractivity (Wildman–Crippen MR) is 90.5 cm³/mol. The summed E-state index contributed by atoms with van der Waals surface area (Å²) >= 11 is 1.56. The molecule has 0 saturated carbocycles. The van der Waals surface area contributed by atoms with Crippen LogP contribution in [0.4, 0.5) is 0 Å². The number of fused-ring (bicyclic) bond motifs is 1. The molecular weight excluding hydrogens is 342 g/mol. The summed E-state index contributed by atoms with van der Waals surface area (Å²) in [5, 5.41) is 22.2. The fourth-order valence-corrected chi connectivity index (χ4v) is 3.70. The average molecular weight is 357 g/mol. The Bertz CT molecular complexity index is 957. The zero-order chi connectivity index (χ0) is 17.6. The molecule has 0 saturated heterocycles. The first-order valence-corrected chi connectivity index (χ1v) is 8.59. The maximum absolute atomic E-state index is 12.9. The maximum Gasteiger partial charge on any atom is 0.356 e. The van der Waals surface area contributed by atoms with Crippen molar-refractivity contribution in [3.05, 3.63) is 46.2 Å². The Labute approximate surface area is 146 Å². The van der Waals surface area contributed by atoms with Gasteiger partial charge in [-0.25, -0.2) is 4.79 Å². The third-order valence-corrected chi connectivity index (χ3v) is 5.19. The topological polar surface area (TPSA) is 104 Å². The Kier molecular flexibility index (Phi) is 3.65. The number of aromatic amines is 1. The molecule has 0 spiro atoms. The van der Waals surface area contributed by atoms with Crippen molar-refractivity contribution in [3.8, 4) is 10.6 Å². The molecule has 1 aliphatic rings. The summed E-state index contributed by atoms with van der Waals surface area (Å²) in [5.74, 6) is -1.26. The lowest BCUT2D eigenvalue weighted by atomic mass is 10.0. The lowest BCUT2D eigenvalue weighted by Gasteiger charge is -2.26. The highest BCUT2D eigenvalue weighted by atomic mass is 32.1. The van der Waals surface area contributed by atoms with Gasteiger partial charge >= 0.3 is 5.97 Å². The number of rotatable bonds is 3. The van der Waals surface area contributed by atoms with Crippen molar-refractivity contribution in [3.63, 3.8) is 0 Å². The molecule has 0 atom stereocenters. The van der Waals surface area contributed by atoms with E-state index in [0.29, 0.717) is 24.2 Å². The normalized spacial score (nSPS) is 13.7. The van der Waals surface area contributed by atoms with Crippen LogP contribution < -0.4 is 0 Å². The quantitative estimate of drug-likeness (QED) is 0.743. The lowest BCUT2D eigenvalue weighted by molar-refractivity contribution is 0.0671. The van der Waals surface area contributed by atoms with E-state index in [1.165, 1.54) is 0 Å². The number of hydrogen-bond acceptors (Lipinski definition) is 5. The van der Waals surface area contributed by atoms with Crippen LogP contribution in [-0.4, -0.2) is 48.4 Å². The van der Waals surface area contributed by atoms with Crippen LogP contribution in [0, 0.1) is 0 Å². The SMILES string of the molecule is Cn1nc(-c2cccs2)cc1C(=O)N1CCc2[nH]nc(C(=O)O)c2C1. The lowest BCUT2D eigenvalue weighted by Crippen LogP contribution is -2.37. The summed E-state index contributed by atoms with van der Waals surface area (Å²) in [6.45, 7) is 0.735. The van der Waals surface area contributed by atoms with Crippen molar-refractivity contribution in [2.75, 3.05) is 6.54 Å². The molecule has 0 unspecified atom stereocenters. The molecule has 1 amide bonds. The molecule has 0 aliphatic carbocycles. The molecule has 0 fully saturated rings. The number of thiophene rings is 1. The Morgan fingerprint density at radius 3 is 2.96 bits per heavy atom. The van der Waals surface area contributed by atoms with Crippen LogP contribution in [0.1, 0.15) is 32.2 Å². The fourth-order valence-electron chi connectivity index (χ4n) is 3.02. The monoisotopic (exact) mass is 357 g/mol. The van der Waals surface area contributed by atoms with E-state index in [4.69, 9.17) is 0 Å². The van der Waals surface area contributed by atoms with E-state index in [0.717, 1.165) is 16.3 Å². The van der Waals surface area contributed by atoms with Crippen LogP contribution in [0.15, 0.2) is 23.6 Å². The summed E-state index contributed by atoms with van der Waals surface area (Å²) in [6.07, 6.45) is 0.553. The van der Waals surface area contributed by atoms with E-state index in [9.17, 15) is 14.7 Å². The van der Waals surface area contributed by atoms with Crippen molar-refractivity contribution < 1.29 is 14.7 Å². The Balaban J connectivity index is 1.62. The molecule has 2 N–H and O–H groups in total. The van der Waals surface area contributed by atoms with Gasteiger partial charge in [0.25, 0.3) is 5.91 Å². The van der Waals surface area contributed by atoms with E-state index in [2.05, 4.69) is 15.3 Å². The molecule has 0 aromatic carbocycles. The number of H-pyrrole nitrogens is 1. The number of aromatic nitrogens is 4. The van der Waals surface area contributed by atoms with Crippen LogP contribution in [-0.2, 0) is 20.0 Å². The first kappa shape index (κ1) is 15.6. The molecule has 4 heterocycles. The molecule has 9 heteroatoms. The molecule has 128 valence electrons. The Hall–Kier alpha value is -2.94. The van der Waals surface area contributed by atoms with E-state index < -0.39 is 5.97 Å². The van der Waals surface area contributed by atoms with Gasteiger partial charge < -0.3 is 10.0 Å². The first-order chi connectivity index (χ1) is 12.0. The van der Waals surface area contributed by atoms with Gasteiger partial charge in [-0.15, -0.1) is 11.3 Å². The highest BCUT2D eigenvalue weighted by Crippen LogP contribution is 2.26. The minimum atomic E-state index is -1.09. The standard InChI is InChI=1S/C16H15N5O3S/c1-20-12(7-11(19-20)13-3-2-6-25-13)15(22)21-5-4-10-9(8-21)14(16(23)24)18-17-10/h2-3,6-7H,4-5,8H2,1H3,(H,17,18)(H,23,24). The van der Waals surface area contributed by atoms with Crippen molar-refractivity contribution in [2.24, 2.45) is 7.05 Å².